The molecule has 14 heavy (non-hydrogen) atoms. The van der Waals surface area contributed by atoms with E-state index >= 15 is 0 Å². The smallest absolute Gasteiger partial charge is 0.0488 e. The van der Waals surface area contributed by atoms with Gasteiger partial charge in [0.15, 0.2) is 0 Å². The largest absolute Gasteiger partial charge is 0.399 e. The Morgan fingerprint density at radius 3 is 2.86 bits per heavy atom. The number of nitrogens with one attached hydrogen (secondary N) is 1. The quantitative estimate of drug-likeness (QED) is 0.717. The van der Waals surface area contributed by atoms with Crippen LogP contribution in [0.15, 0.2) is 22.7 Å². The van der Waals surface area contributed by atoms with Crippen LogP contribution in [0.25, 0.3) is 10.9 Å². The molecular weight excluding hydrogens is 242 g/mol. The van der Waals surface area contributed by atoms with Gasteiger partial charge in [-0.25, -0.2) is 0 Å². The van der Waals surface area contributed by atoms with E-state index in [1.54, 1.807) is 0 Å². The number of benzene rings is 1. The van der Waals surface area contributed by atoms with Crippen LogP contribution in [-0.4, -0.2) is 11.5 Å². The van der Waals surface area contributed by atoms with Crippen molar-refractivity contribution in [1.29, 1.82) is 0 Å². The van der Waals surface area contributed by atoms with Crippen LogP contribution >= 0.6 is 15.9 Å². The van der Waals surface area contributed by atoms with Gasteiger partial charge in [0.2, 0.25) is 0 Å². The summed E-state index contributed by atoms with van der Waals surface area (Å²) in [7, 11) is 0. The summed E-state index contributed by atoms with van der Waals surface area (Å²) in [4.78, 5) is 3.30. The summed E-state index contributed by atoms with van der Waals surface area (Å²) in [5.74, 6) is 0. The van der Waals surface area contributed by atoms with Crippen LogP contribution in [0.4, 0.5) is 5.69 Å². The molecule has 0 aliphatic carbocycles. The van der Waals surface area contributed by atoms with Gasteiger partial charge in [-0.2, -0.15) is 0 Å². The fraction of sp³-hybridized carbons (Fsp3) is 0.200. The van der Waals surface area contributed by atoms with Crippen LogP contribution in [-0.2, 0) is 6.42 Å². The Hall–Kier alpha value is -1.000. The molecule has 3 nitrogen and oxygen atoms in total. The topological polar surface area (TPSA) is 67.8 Å². The van der Waals surface area contributed by atoms with Crippen LogP contribution in [0, 0.1) is 0 Å². The number of hydrogen-bond acceptors (Lipinski definition) is 2. The molecule has 0 saturated carbocycles. The molecule has 2 aromatic rings. The maximum atomic E-state index is 5.70. The van der Waals surface area contributed by atoms with E-state index in [9.17, 15) is 0 Å². The minimum absolute atomic E-state index is 0.640. The van der Waals surface area contributed by atoms with Gasteiger partial charge < -0.3 is 16.5 Å². The molecule has 0 spiro atoms. The van der Waals surface area contributed by atoms with Crippen LogP contribution in [0.5, 0.6) is 0 Å². The highest BCUT2D eigenvalue weighted by atomic mass is 79.9. The van der Waals surface area contributed by atoms with Crippen LogP contribution in [0.3, 0.4) is 0 Å². The van der Waals surface area contributed by atoms with Crippen LogP contribution < -0.4 is 11.5 Å². The van der Waals surface area contributed by atoms with Crippen molar-refractivity contribution < 1.29 is 0 Å². The average Bonchev–Trinajstić information content (AvgIpc) is 2.44. The molecule has 74 valence electrons. The van der Waals surface area contributed by atoms with E-state index in [0.29, 0.717) is 6.54 Å². The molecule has 0 amide bonds. The lowest BCUT2D eigenvalue weighted by atomic mass is 10.2. The number of nitrogen functional groups attached to an aromatic ring is 1. The first-order chi connectivity index (χ1) is 6.72. The Bertz CT molecular complexity index is 462. The van der Waals surface area contributed by atoms with Crippen molar-refractivity contribution in [2.45, 2.75) is 6.42 Å². The Labute approximate surface area is 90.6 Å². The highest BCUT2D eigenvalue weighted by molar-refractivity contribution is 9.10. The maximum absolute atomic E-state index is 5.70. The number of aromatic amines is 1. The molecule has 1 heterocycles. The zero-order valence-electron chi connectivity index (χ0n) is 7.68. The number of halogens is 1. The fourth-order valence-corrected chi connectivity index (χ4v) is 2.20. The molecule has 2 rings (SSSR count). The number of rotatable bonds is 2. The van der Waals surface area contributed by atoms with E-state index < -0.39 is 0 Å². The zero-order valence-corrected chi connectivity index (χ0v) is 9.26. The van der Waals surface area contributed by atoms with Crippen LogP contribution in [0.2, 0.25) is 0 Å². The second-order valence-electron chi connectivity index (χ2n) is 3.26. The predicted octanol–water partition coefficient (Wildman–Crippen LogP) is 2.01. The van der Waals surface area contributed by atoms with Crippen molar-refractivity contribution in [3.8, 4) is 0 Å². The summed E-state index contributed by atoms with van der Waals surface area (Å²) in [5, 5.41) is 1.16. The SMILES string of the molecule is NCCc1[nH]c2cc(N)ccc2c1Br. The first-order valence-electron chi connectivity index (χ1n) is 4.48. The highest BCUT2D eigenvalue weighted by Gasteiger charge is 2.07. The Morgan fingerprint density at radius 1 is 1.36 bits per heavy atom. The van der Waals surface area contributed by atoms with Gasteiger partial charge >= 0.3 is 0 Å². The third-order valence-electron chi connectivity index (χ3n) is 2.22. The molecule has 0 atom stereocenters. The summed E-state index contributed by atoms with van der Waals surface area (Å²) in [5.41, 5.74) is 14.2. The number of fused-ring (bicyclic) bond motifs is 1. The van der Waals surface area contributed by atoms with Gasteiger partial charge in [-0.3, -0.25) is 0 Å². The third kappa shape index (κ3) is 1.51. The van der Waals surface area contributed by atoms with Crippen molar-refractivity contribution in [1.82, 2.24) is 4.98 Å². The molecule has 0 saturated heterocycles. The summed E-state index contributed by atoms with van der Waals surface area (Å²) < 4.78 is 1.10. The molecule has 1 aromatic carbocycles. The first-order valence-corrected chi connectivity index (χ1v) is 5.27. The van der Waals surface area contributed by atoms with Gasteiger partial charge in [0.05, 0.1) is 0 Å². The minimum Gasteiger partial charge on any atom is -0.399 e. The number of hydrogen-bond donors (Lipinski definition) is 3. The second kappa shape index (κ2) is 3.63. The maximum Gasteiger partial charge on any atom is 0.0488 e. The molecule has 0 bridgehead atoms. The Morgan fingerprint density at radius 2 is 2.14 bits per heavy atom. The number of anilines is 1. The van der Waals surface area contributed by atoms with Crippen LogP contribution in [0.1, 0.15) is 5.69 Å². The Kier molecular flexibility index (Phi) is 2.48. The summed E-state index contributed by atoms with van der Waals surface area (Å²) >= 11 is 3.55. The molecular formula is C10H12BrN3. The molecule has 0 radical (unpaired) electrons. The standard InChI is InChI=1S/C10H12BrN3/c11-10-7-2-1-6(13)5-9(7)14-8(10)3-4-12/h1-2,5,14H,3-4,12-13H2. The van der Waals surface area contributed by atoms with Gasteiger partial charge in [-0.1, -0.05) is 0 Å². The van der Waals surface area contributed by atoms with Gasteiger partial charge in [0.1, 0.15) is 0 Å². The van der Waals surface area contributed by atoms with E-state index in [0.717, 1.165) is 33.2 Å². The van der Waals surface area contributed by atoms with E-state index in [2.05, 4.69) is 20.9 Å². The van der Waals surface area contributed by atoms with Gasteiger partial charge in [-0.05, 0) is 40.7 Å². The van der Waals surface area contributed by atoms with Crippen molar-refractivity contribution in [3.05, 3.63) is 28.4 Å². The summed E-state index contributed by atoms with van der Waals surface area (Å²) in [6.07, 6.45) is 0.842. The molecule has 0 fully saturated rings. The lowest BCUT2D eigenvalue weighted by Crippen LogP contribution is -2.03. The van der Waals surface area contributed by atoms with Gasteiger partial charge in [-0.15, -0.1) is 0 Å². The molecule has 5 N–H and O–H groups in total. The summed E-state index contributed by atoms with van der Waals surface area (Å²) in [6.45, 7) is 0.640. The number of H-pyrrole nitrogens is 1. The van der Waals surface area contributed by atoms with Gasteiger partial charge in [0.25, 0.3) is 0 Å². The molecule has 4 heteroatoms. The normalized spacial score (nSPS) is 11.0. The average molecular weight is 254 g/mol. The predicted molar refractivity (Wildman–Crippen MR) is 63.2 cm³/mol. The summed E-state index contributed by atoms with van der Waals surface area (Å²) in [6, 6.07) is 5.83. The van der Waals surface area contributed by atoms with E-state index in [1.165, 1.54) is 0 Å². The zero-order chi connectivity index (χ0) is 10.1. The van der Waals surface area contributed by atoms with Crippen molar-refractivity contribution in [3.63, 3.8) is 0 Å². The van der Waals surface area contributed by atoms with E-state index in [1.807, 2.05) is 18.2 Å². The minimum atomic E-state index is 0.640. The van der Waals surface area contributed by atoms with E-state index in [-0.39, 0.29) is 0 Å². The van der Waals surface area contributed by atoms with Crippen molar-refractivity contribution >= 4 is 32.5 Å². The lowest BCUT2D eigenvalue weighted by molar-refractivity contribution is 0.934. The Balaban J connectivity index is 2.61. The molecule has 1 aromatic heterocycles. The van der Waals surface area contributed by atoms with Gasteiger partial charge in [0, 0.05) is 33.2 Å². The van der Waals surface area contributed by atoms with Crippen molar-refractivity contribution in [2.75, 3.05) is 12.3 Å². The van der Waals surface area contributed by atoms with Crippen molar-refractivity contribution in [2.24, 2.45) is 5.73 Å². The number of nitrogens with two attached hydrogens (primary N) is 2. The molecule has 0 aliphatic rings. The lowest BCUT2D eigenvalue weighted by Gasteiger charge is -1.93. The van der Waals surface area contributed by atoms with E-state index in [4.69, 9.17) is 11.5 Å². The number of aromatic nitrogens is 1. The fourth-order valence-electron chi connectivity index (χ4n) is 1.55. The third-order valence-corrected chi connectivity index (χ3v) is 3.13. The monoisotopic (exact) mass is 253 g/mol. The first kappa shape index (κ1) is 9.55. The molecule has 0 unspecified atom stereocenters. The highest BCUT2D eigenvalue weighted by Crippen LogP contribution is 2.29. The second-order valence-corrected chi connectivity index (χ2v) is 4.05. The molecule has 0 aliphatic heterocycles.